The van der Waals surface area contributed by atoms with Gasteiger partial charge in [-0.05, 0) is 37.3 Å². The van der Waals surface area contributed by atoms with E-state index in [-0.39, 0.29) is 12.2 Å². The van der Waals surface area contributed by atoms with Crippen molar-refractivity contribution < 1.29 is 14.7 Å². The molecular formula is C17H23NO3. The summed E-state index contributed by atoms with van der Waals surface area (Å²) in [5, 5.41) is 8.63. The summed E-state index contributed by atoms with van der Waals surface area (Å²) in [5.41, 5.74) is 3.21. The van der Waals surface area contributed by atoms with Gasteiger partial charge in [0, 0.05) is 37.2 Å². The van der Waals surface area contributed by atoms with Crippen LogP contribution < -0.4 is 4.90 Å². The molecule has 2 rings (SSSR count). The van der Waals surface area contributed by atoms with E-state index in [0.717, 1.165) is 25.9 Å². The van der Waals surface area contributed by atoms with Crippen molar-refractivity contribution in [3.8, 4) is 0 Å². The lowest BCUT2D eigenvalue weighted by Gasteiger charge is -2.31. The highest BCUT2D eigenvalue weighted by Gasteiger charge is 2.18. The van der Waals surface area contributed by atoms with E-state index in [9.17, 15) is 9.59 Å². The van der Waals surface area contributed by atoms with Crippen LogP contribution in [0.4, 0.5) is 5.69 Å². The van der Waals surface area contributed by atoms with E-state index >= 15 is 0 Å². The smallest absolute Gasteiger partial charge is 0.303 e. The van der Waals surface area contributed by atoms with Crippen LogP contribution in [0.5, 0.6) is 0 Å². The first-order chi connectivity index (χ1) is 10.1. The summed E-state index contributed by atoms with van der Waals surface area (Å²) >= 11 is 0. The maximum atomic E-state index is 12.2. The van der Waals surface area contributed by atoms with Crippen molar-refractivity contribution in [2.45, 2.75) is 45.4 Å². The fourth-order valence-electron chi connectivity index (χ4n) is 2.87. The Bertz CT molecular complexity index is 525. The summed E-state index contributed by atoms with van der Waals surface area (Å²) in [6, 6.07) is 5.94. The van der Waals surface area contributed by atoms with Crippen LogP contribution in [0, 0.1) is 0 Å². The van der Waals surface area contributed by atoms with Crippen LogP contribution in [0.3, 0.4) is 0 Å². The van der Waals surface area contributed by atoms with Crippen LogP contribution >= 0.6 is 0 Å². The molecule has 0 unspecified atom stereocenters. The molecule has 1 aliphatic rings. The molecule has 1 N–H and O–H groups in total. The van der Waals surface area contributed by atoms with Gasteiger partial charge in [-0.3, -0.25) is 9.59 Å². The summed E-state index contributed by atoms with van der Waals surface area (Å²) < 4.78 is 0. The molecule has 0 spiro atoms. The number of hydrogen-bond donors (Lipinski definition) is 1. The molecule has 0 fully saturated rings. The zero-order chi connectivity index (χ0) is 15.2. The van der Waals surface area contributed by atoms with Crippen molar-refractivity contribution in [2.75, 3.05) is 18.0 Å². The fraction of sp³-hybridized carbons (Fsp3) is 0.529. The molecule has 0 saturated heterocycles. The Kier molecular flexibility index (Phi) is 5.37. The average Bonchev–Trinajstić information content (AvgIpc) is 2.47. The average molecular weight is 289 g/mol. The van der Waals surface area contributed by atoms with Crippen molar-refractivity contribution in [3.05, 3.63) is 29.3 Å². The van der Waals surface area contributed by atoms with Crippen LogP contribution in [-0.4, -0.2) is 29.9 Å². The van der Waals surface area contributed by atoms with E-state index in [4.69, 9.17) is 5.11 Å². The largest absolute Gasteiger partial charge is 0.481 e. The van der Waals surface area contributed by atoms with E-state index in [2.05, 4.69) is 17.9 Å². The Labute approximate surface area is 125 Å². The second-order valence-corrected chi connectivity index (χ2v) is 5.60. The number of carboxylic acid groups (broad SMARTS) is 1. The Morgan fingerprint density at radius 2 is 2.10 bits per heavy atom. The van der Waals surface area contributed by atoms with Crippen LogP contribution in [-0.2, 0) is 11.2 Å². The first-order valence-corrected chi connectivity index (χ1v) is 7.74. The molecule has 114 valence electrons. The summed E-state index contributed by atoms with van der Waals surface area (Å²) in [4.78, 5) is 25.0. The maximum Gasteiger partial charge on any atom is 0.303 e. The molecule has 1 aliphatic heterocycles. The van der Waals surface area contributed by atoms with E-state index in [1.54, 1.807) is 0 Å². The predicted molar refractivity (Wildman–Crippen MR) is 83.1 cm³/mol. The minimum Gasteiger partial charge on any atom is -0.481 e. The number of ketones is 1. The number of benzene rings is 1. The fourth-order valence-corrected chi connectivity index (χ4v) is 2.87. The van der Waals surface area contributed by atoms with Crippen molar-refractivity contribution >= 4 is 17.4 Å². The number of aryl methyl sites for hydroxylation is 1. The number of fused-ring (bicyclic) bond motifs is 1. The summed E-state index contributed by atoms with van der Waals surface area (Å²) in [6.07, 6.45) is 4.10. The molecule has 1 aromatic rings. The third-order valence-electron chi connectivity index (χ3n) is 3.91. The first-order valence-electron chi connectivity index (χ1n) is 7.74. The highest BCUT2D eigenvalue weighted by molar-refractivity contribution is 5.97. The van der Waals surface area contributed by atoms with E-state index in [1.807, 2.05) is 12.1 Å². The third kappa shape index (κ3) is 4.06. The molecule has 0 saturated carbocycles. The number of rotatable bonds is 7. The van der Waals surface area contributed by atoms with E-state index < -0.39 is 5.97 Å². The zero-order valence-electron chi connectivity index (χ0n) is 12.6. The number of carbonyl (C=O) groups is 2. The van der Waals surface area contributed by atoms with Gasteiger partial charge in [-0.25, -0.2) is 0 Å². The van der Waals surface area contributed by atoms with Crippen LogP contribution in [0.1, 0.15) is 54.9 Å². The topological polar surface area (TPSA) is 57.6 Å². The van der Waals surface area contributed by atoms with Gasteiger partial charge in [0.25, 0.3) is 0 Å². The normalized spacial score (nSPS) is 13.9. The second-order valence-electron chi connectivity index (χ2n) is 5.60. The SMILES string of the molecule is CCCN1CCCc2ccc(C(=O)CCCC(=O)O)cc21. The molecule has 0 bridgehead atoms. The van der Waals surface area contributed by atoms with Gasteiger partial charge >= 0.3 is 5.97 Å². The van der Waals surface area contributed by atoms with Gasteiger partial charge in [0.05, 0.1) is 0 Å². The molecule has 1 heterocycles. The minimum atomic E-state index is -0.845. The number of carboxylic acids is 1. The van der Waals surface area contributed by atoms with Crippen LogP contribution in [0.2, 0.25) is 0 Å². The Morgan fingerprint density at radius 3 is 2.81 bits per heavy atom. The minimum absolute atomic E-state index is 0.0427. The highest BCUT2D eigenvalue weighted by Crippen LogP contribution is 2.29. The van der Waals surface area contributed by atoms with Gasteiger partial charge in [-0.2, -0.15) is 0 Å². The van der Waals surface area contributed by atoms with Gasteiger partial charge in [0.2, 0.25) is 0 Å². The lowest BCUT2D eigenvalue weighted by Crippen LogP contribution is -2.30. The zero-order valence-corrected chi connectivity index (χ0v) is 12.6. The van der Waals surface area contributed by atoms with Gasteiger partial charge < -0.3 is 10.0 Å². The number of hydrogen-bond acceptors (Lipinski definition) is 3. The Morgan fingerprint density at radius 1 is 1.29 bits per heavy atom. The quantitative estimate of drug-likeness (QED) is 0.783. The lowest BCUT2D eigenvalue weighted by atomic mass is 9.96. The number of Topliss-reactive ketones (excluding diaryl/α,β-unsaturated/α-hetero) is 1. The number of carbonyl (C=O) groups excluding carboxylic acids is 1. The summed E-state index contributed by atoms with van der Waals surface area (Å²) in [6.45, 7) is 4.23. The molecule has 0 aromatic heterocycles. The molecule has 0 atom stereocenters. The highest BCUT2D eigenvalue weighted by atomic mass is 16.4. The number of aliphatic carboxylic acids is 1. The molecule has 0 radical (unpaired) electrons. The number of anilines is 1. The van der Waals surface area contributed by atoms with Gasteiger partial charge in [0.15, 0.2) is 5.78 Å². The van der Waals surface area contributed by atoms with Gasteiger partial charge in [0.1, 0.15) is 0 Å². The molecule has 21 heavy (non-hydrogen) atoms. The maximum absolute atomic E-state index is 12.2. The van der Waals surface area contributed by atoms with Crippen LogP contribution in [0.25, 0.3) is 0 Å². The summed E-state index contributed by atoms with van der Waals surface area (Å²) in [7, 11) is 0. The van der Waals surface area contributed by atoms with Crippen molar-refractivity contribution in [1.29, 1.82) is 0 Å². The monoisotopic (exact) mass is 289 g/mol. The lowest BCUT2D eigenvalue weighted by molar-refractivity contribution is -0.137. The van der Waals surface area contributed by atoms with Crippen molar-refractivity contribution in [2.24, 2.45) is 0 Å². The molecule has 0 amide bonds. The molecule has 4 nitrogen and oxygen atoms in total. The number of nitrogens with zero attached hydrogens (tertiary/aromatic N) is 1. The van der Waals surface area contributed by atoms with Gasteiger partial charge in [-0.15, -0.1) is 0 Å². The third-order valence-corrected chi connectivity index (χ3v) is 3.91. The molecule has 1 aromatic carbocycles. The first kappa shape index (κ1) is 15.5. The van der Waals surface area contributed by atoms with E-state index in [1.165, 1.54) is 17.7 Å². The molecular weight excluding hydrogens is 266 g/mol. The van der Waals surface area contributed by atoms with Gasteiger partial charge in [-0.1, -0.05) is 19.1 Å². The van der Waals surface area contributed by atoms with Crippen molar-refractivity contribution in [1.82, 2.24) is 0 Å². The molecule has 0 aliphatic carbocycles. The molecule has 4 heteroatoms. The standard InChI is InChI=1S/C17H23NO3/c1-2-10-18-11-4-5-13-8-9-14(12-15(13)18)16(19)6-3-7-17(20)21/h8-9,12H,2-7,10-11H2,1H3,(H,20,21). The predicted octanol–water partition coefficient (Wildman–Crippen LogP) is 3.29. The van der Waals surface area contributed by atoms with Crippen molar-refractivity contribution in [3.63, 3.8) is 0 Å². The Hall–Kier alpha value is -1.84. The second kappa shape index (κ2) is 7.25. The van der Waals surface area contributed by atoms with E-state index in [0.29, 0.717) is 18.4 Å². The van der Waals surface area contributed by atoms with Crippen LogP contribution in [0.15, 0.2) is 18.2 Å². The summed E-state index contributed by atoms with van der Waals surface area (Å²) in [5.74, 6) is -0.802. The Balaban J connectivity index is 2.09.